The van der Waals surface area contributed by atoms with Crippen LogP contribution in [0, 0.1) is 6.92 Å². The van der Waals surface area contributed by atoms with E-state index in [0.29, 0.717) is 30.2 Å². The van der Waals surface area contributed by atoms with E-state index in [9.17, 15) is 13.2 Å². The highest BCUT2D eigenvalue weighted by molar-refractivity contribution is 7.99. The lowest BCUT2D eigenvalue weighted by Crippen LogP contribution is -2.49. The first-order chi connectivity index (χ1) is 13.8. The van der Waals surface area contributed by atoms with Gasteiger partial charge in [-0.25, -0.2) is 8.42 Å². The van der Waals surface area contributed by atoms with Crippen molar-refractivity contribution in [2.45, 2.75) is 31.2 Å². The minimum Gasteiger partial charge on any atom is -0.497 e. The third kappa shape index (κ3) is 6.68. The molecule has 0 aliphatic carbocycles. The average Bonchev–Trinajstić information content (AvgIpc) is 2.69. The molecular formula is C21H28N2O4S2. The van der Waals surface area contributed by atoms with Gasteiger partial charge in [-0.05, 0) is 37.6 Å². The second-order valence-corrected chi connectivity index (χ2v) is 9.66. The number of amides is 1. The van der Waals surface area contributed by atoms with Crippen molar-refractivity contribution < 1.29 is 17.9 Å². The molecule has 0 saturated carbocycles. The van der Waals surface area contributed by atoms with Crippen LogP contribution in [-0.4, -0.2) is 46.0 Å². The smallest absolute Gasteiger partial charge is 0.243 e. The summed E-state index contributed by atoms with van der Waals surface area (Å²) in [5, 5.41) is 2.87. The molecule has 0 aliphatic heterocycles. The fourth-order valence-electron chi connectivity index (χ4n) is 2.90. The van der Waals surface area contributed by atoms with E-state index < -0.39 is 16.1 Å². The first-order valence-electron chi connectivity index (χ1n) is 9.37. The van der Waals surface area contributed by atoms with Crippen LogP contribution in [0.4, 0.5) is 5.69 Å². The highest BCUT2D eigenvalue weighted by Gasteiger charge is 2.31. The summed E-state index contributed by atoms with van der Waals surface area (Å²) in [6.45, 7) is 4.28. The van der Waals surface area contributed by atoms with Gasteiger partial charge in [-0.1, -0.05) is 30.7 Å². The lowest BCUT2D eigenvalue weighted by atomic mass is 10.2. The van der Waals surface area contributed by atoms with Gasteiger partial charge in [-0.2, -0.15) is 0 Å². The molecule has 1 atom stereocenters. The van der Waals surface area contributed by atoms with E-state index >= 15 is 0 Å². The summed E-state index contributed by atoms with van der Waals surface area (Å²) in [6.07, 6.45) is 1.46. The van der Waals surface area contributed by atoms with Crippen LogP contribution >= 0.6 is 11.8 Å². The predicted octanol–water partition coefficient (Wildman–Crippen LogP) is 3.46. The highest BCUT2D eigenvalue weighted by atomic mass is 32.2. The molecule has 0 saturated heterocycles. The maximum absolute atomic E-state index is 12.8. The van der Waals surface area contributed by atoms with Crippen molar-refractivity contribution in [3.63, 3.8) is 0 Å². The zero-order chi connectivity index (χ0) is 21.4. The number of rotatable bonds is 10. The second kappa shape index (κ2) is 10.5. The number of hydrogen-bond acceptors (Lipinski definition) is 5. The summed E-state index contributed by atoms with van der Waals surface area (Å²) in [6, 6.07) is 14.1. The molecule has 0 fully saturated rings. The fraction of sp³-hybridized carbons (Fsp3) is 0.381. The van der Waals surface area contributed by atoms with Gasteiger partial charge in [0.05, 0.1) is 19.1 Å². The SMILES string of the molecule is CC[C@@H](C(=O)NCCSc1ccc(C)cc1)N(c1cccc(OC)c1)S(C)(=O)=O. The van der Waals surface area contributed by atoms with E-state index in [2.05, 4.69) is 5.32 Å². The third-order valence-corrected chi connectivity index (χ3v) is 6.52. The quantitative estimate of drug-likeness (QED) is 0.456. The number of carbonyl (C=O) groups excluding carboxylic acids is 1. The van der Waals surface area contributed by atoms with Gasteiger partial charge in [-0.15, -0.1) is 11.8 Å². The number of anilines is 1. The van der Waals surface area contributed by atoms with Crippen LogP contribution in [0.3, 0.4) is 0 Å². The molecule has 0 aliphatic rings. The molecule has 0 bridgehead atoms. The van der Waals surface area contributed by atoms with Crippen LogP contribution in [0.25, 0.3) is 0 Å². The lowest BCUT2D eigenvalue weighted by Gasteiger charge is -2.30. The fourth-order valence-corrected chi connectivity index (χ4v) is 4.88. The van der Waals surface area contributed by atoms with E-state index in [0.717, 1.165) is 15.5 Å². The van der Waals surface area contributed by atoms with Crippen molar-refractivity contribution in [3.05, 3.63) is 54.1 Å². The Hall–Kier alpha value is -2.19. The number of nitrogens with one attached hydrogen (secondary N) is 1. The molecule has 29 heavy (non-hydrogen) atoms. The van der Waals surface area contributed by atoms with Crippen LogP contribution in [0.2, 0.25) is 0 Å². The number of aryl methyl sites for hydroxylation is 1. The predicted molar refractivity (Wildman–Crippen MR) is 119 cm³/mol. The summed E-state index contributed by atoms with van der Waals surface area (Å²) >= 11 is 1.64. The van der Waals surface area contributed by atoms with Gasteiger partial charge in [0.15, 0.2) is 0 Å². The Balaban J connectivity index is 2.06. The van der Waals surface area contributed by atoms with Gasteiger partial charge in [-0.3, -0.25) is 9.10 Å². The average molecular weight is 437 g/mol. The maximum Gasteiger partial charge on any atom is 0.243 e. The summed E-state index contributed by atoms with van der Waals surface area (Å²) in [5.41, 5.74) is 1.61. The first kappa shape index (κ1) is 23.1. The molecule has 2 rings (SSSR count). The normalized spacial score (nSPS) is 12.3. The molecule has 1 N–H and O–H groups in total. The Morgan fingerprint density at radius 1 is 1.21 bits per heavy atom. The lowest BCUT2D eigenvalue weighted by molar-refractivity contribution is -0.122. The molecule has 2 aromatic rings. The van der Waals surface area contributed by atoms with Crippen molar-refractivity contribution in [2.24, 2.45) is 0 Å². The van der Waals surface area contributed by atoms with Crippen LogP contribution in [0.15, 0.2) is 53.4 Å². The summed E-state index contributed by atoms with van der Waals surface area (Å²) in [7, 11) is -2.15. The zero-order valence-corrected chi connectivity index (χ0v) is 18.8. The van der Waals surface area contributed by atoms with Gasteiger partial charge in [0.25, 0.3) is 0 Å². The Bertz CT molecular complexity index is 915. The van der Waals surface area contributed by atoms with Gasteiger partial charge in [0.1, 0.15) is 11.8 Å². The van der Waals surface area contributed by atoms with E-state index in [1.54, 1.807) is 43.0 Å². The zero-order valence-electron chi connectivity index (χ0n) is 17.2. The van der Waals surface area contributed by atoms with Crippen molar-refractivity contribution >= 4 is 33.4 Å². The third-order valence-electron chi connectivity index (χ3n) is 4.33. The molecule has 8 heteroatoms. The molecule has 158 valence electrons. The van der Waals surface area contributed by atoms with Crippen LogP contribution < -0.4 is 14.4 Å². The monoisotopic (exact) mass is 436 g/mol. The number of benzene rings is 2. The van der Waals surface area contributed by atoms with Gasteiger partial charge in [0.2, 0.25) is 15.9 Å². The van der Waals surface area contributed by atoms with Gasteiger partial charge < -0.3 is 10.1 Å². The molecule has 0 heterocycles. The van der Waals surface area contributed by atoms with E-state index in [1.807, 2.05) is 31.2 Å². The van der Waals surface area contributed by atoms with E-state index in [-0.39, 0.29) is 5.91 Å². The topological polar surface area (TPSA) is 75.7 Å². The largest absolute Gasteiger partial charge is 0.497 e. The molecular weight excluding hydrogens is 408 g/mol. The number of ether oxygens (including phenoxy) is 1. The van der Waals surface area contributed by atoms with E-state index in [1.165, 1.54) is 12.7 Å². The van der Waals surface area contributed by atoms with Crippen molar-refractivity contribution in [1.29, 1.82) is 0 Å². The Morgan fingerprint density at radius 3 is 2.48 bits per heavy atom. The van der Waals surface area contributed by atoms with E-state index in [4.69, 9.17) is 4.74 Å². The minimum atomic E-state index is -3.67. The minimum absolute atomic E-state index is 0.315. The Kier molecular flexibility index (Phi) is 8.40. The van der Waals surface area contributed by atoms with Crippen molar-refractivity contribution in [2.75, 3.05) is 30.0 Å². The number of hydrogen-bond donors (Lipinski definition) is 1. The number of thioether (sulfide) groups is 1. The Labute approximate surface area is 177 Å². The highest BCUT2D eigenvalue weighted by Crippen LogP contribution is 2.26. The maximum atomic E-state index is 12.8. The summed E-state index contributed by atoms with van der Waals surface area (Å²) in [5.74, 6) is 0.912. The van der Waals surface area contributed by atoms with Gasteiger partial charge >= 0.3 is 0 Å². The number of sulfonamides is 1. The first-order valence-corrected chi connectivity index (χ1v) is 12.2. The molecule has 0 unspecified atom stereocenters. The molecule has 1 amide bonds. The molecule has 2 aromatic carbocycles. The van der Waals surface area contributed by atoms with Crippen molar-refractivity contribution in [3.8, 4) is 5.75 Å². The van der Waals surface area contributed by atoms with Crippen LogP contribution in [0.1, 0.15) is 18.9 Å². The van der Waals surface area contributed by atoms with Gasteiger partial charge in [0, 0.05) is 23.3 Å². The second-order valence-electron chi connectivity index (χ2n) is 6.64. The van der Waals surface area contributed by atoms with Crippen LogP contribution in [-0.2, 0) is 14.8 Å². The summed E-state index contributed by atoms with van der Waals surface area (Å²) in [4.78, 5) is 13.9. The summed E-state index contributed by atoms with van der Waals surface area (Å²) < 4.78 is 31.3. The van der Waals surface area contributed by atoms with Crippen molar-refractivity contribution in [1.82, 2.24) is 5.32 Å². The molecule has 0 aromatic heterocycles. The molecule has 0 spiro atoms. The standard InChI is InChI=1S/C21H28N2O4S2/c1-5-20(21(24)22-13-14-28-19-11-9-16(2)10-12-19)23(29(4,25)26)17-7-6-8-18(15-17)27-3/h6-12,15,20H,5,13-14H2,1-4H3,(H,22,24)/t20-/m0/s1. The number of nitrogens with zero attached hydrogens (tertiary/aromatic N) is 1. The molecule has 0 radical (unpaired) electrons. The number of carbonyl (C=O) groups is 1. The molecule has 6 nitrogen and oxygen atoms in total. The number of methoxy groups -OCH3 is 1. The van der Waals surface area contributed by atoms with Crippen LogP contribution in [0.5, 0.6) is 5.75 Å². The Morgan fingerprint density at radius 2 is 1.90 bits per heavy atom.